The van der Waals surface area contributed by atoms with E-state index < -0.39 is 0 Å². The van der Waals surface area contributed by atoms with Crippen molar-refractivity contribution in [2.75, 3.05) is 13.6 Å². The Morgan fingerprint density at radius 1 is 1.25 bits per heavy atom. The van der Waals surface area contributed by atoms with Gasteiger partial charge in [-0.1, -0.05) is 26.2 Å². The quantitative estimate of drug-likeness (QED) is 0.462. The fourth-order valence-electron chi connectivity index (χ4n) is 1.61. The summed E-state index contributed by atoms with van der Waals surface area (Å²) < 4.78 is 5.31. The monoisotopic (exact) mass is 229 g/mol. The Labute approximate surface area is 99.9 Å². The molecule has 3 nitrogen and oxygen atoms in total. The van der Waals surface area contributed by atoms with Gasteiger partial charge < -0.3 is 10.1 Å². The molecule has 3 heteroatoms. The molecule has 0 amide bonds. The highest BCUT2D eigenvalue weighted by atomic mass is 16.5. The van der Waals surface area contributed by atoms with Crippen LogP contribution in [0.25, 0.3) is 0 Å². The Bertz CT molecular complexity index is 171. The van der Waals surface area contributed by atoms with Crippen molar-refractivity contribution in [1.29, 1.82) is 0 Å². The fraction of sp³-hybridized carbons (Fsp3) is 0.923. The summed E-state index contributed by atoms with van der Waals surface area (Å²) in [5.74, 6) is -0.0572. The normalized spacial score (nSPS) is 12.4. The Balaban J connectivity index is 3.39. The van der Waals surface area contributed by atoms with E-state index in [9.17, 15) is 4.79 Å². The average molecular weight is 229 g/mol. The van der Waals surface area contributed by atoms with Crippen molar-refractivity contribution in [2.45, 2.75) is 64.9 Å². The van der Waals surface area contributed by atoms with Crippen molar-refractivity contribution < 1.29 is 9.53 Å². The van der Waals surface area contributed by atoms with Crippen LogP contribution in [0.4, 0.5) is 0 Å². The van der Waals surface area contributed by atoms with Crippen LogP contribution in [-0.4, -0.2) is 25.7 Å². The molecule has 0 heterocycles. The minimum Gasteiger partial charge on any atom is -0.463 e. The second kappa shape index (κ2) is 10.9. The molecule has 0 spiro atoms. The van der Waals surface area contributed by atoms with Gasteiger partial charge in [-0.15, -0.1) is 0 Å². The van der Waals surface area contributed by atoms with Gasteiger partial charge in [-0.2, -0.15) is 0 Å². The van der Waals surface area contributed by atoms with Crippen LogP contribution in [0.5, 0.6) is 0 Å². The summed E-state index contributed by atoms with van der Waals surface area (Å²) in [6.45, 7) is 5.06. The SMILES string of the molecule is CCCCCCC(C)OC(=O)CCCNC. The topological polar surface area (TPSA) is 38.3 Å². The van der Waals surface area contributed by atoms with E-state index in [0.717, 1.165) is 19.4 Å². The third kappa shape index (κ3) is 9.97. The fourth-order valence-corrected chi connectivity index (χ4v) is 1.61. The molecule has 0 aliphatic rings. The Hall–Kier alpha value is -0.570. The zero-order valence-corrected chi connectivity index (χ0v) is 11.1. The van der Waals surface area contributed by atoms with E-state index in [1.54, 1.807) is 0 Å². The lowest BCUT2D eigenvalue weighted by Crippen LogP contribution is -2.16. The molecule has 0 aromatic rings. The maximum atomic E-state index is 11.4. The Kier molecular flexibility index (Phi) is 10.5. The zero-order chi connectivity index (χ0) is 12.2. The summed E-state index contributed by atoms with van der Waals surface area (Å²) >= 11 is 0. The lowest BCUT2D eigenvalue weighted by Gasteiger charge is -2.12. The van der Waals surface area contributed by atoms with Crippen LogP contribution in [0.1, 0.15) is 58.8 Å². The van der Waals surface area contributed by atoms with Crippen molar-refractivity contribution in [1.82, 2.24) is 5.32 Å². The van der Waals surface area contributed by atoms with Crippen LogP contribution in [0, 0.1) is 0 Å². The molecule has 16 heavy (non-hydrogen) atoms. The van der Waals surface area contributed by atoms with Gasteiger partial charge in [0.05, 0.1) is 6.10 Å². The third-order valence-electron chi connectivity index (χ3n) is 2.60. The minimum atomic E-state index is -0.0572. The third-order valence-corrected chi connectivity index (χ3v) is 2.60. The lowest BCUT2D eigenvalue weighted by atomic mass is 10.1. The smallest absolute Gasteiger partial charge is 0.306 e. The summed E-state index contributed by atoms with van der Waals surface area (Å²) in [6, 6.07) is 0. The molecule has 0 aromatic heterocycles. The van der Waals surface area contributed by atoms with Crippen molar-refractivity contribution in [3.8, 4) is 0 Å². The number of rotatable bonds is 10. The van der Waals surface area contributed by atoms with E-state index in [-0.39, 0.29) is 12.1 Å². The summed E-state index contributed by atoms with van der Waals surface area (Å²) in [5, 5.41) is 3.02. The molecule has 1 unspecified atom stereocenters. The number of esters is 1. The molecule has 0 fully saturated rings. The second-order valence-electron chi connectivity index (χ2n) is 4.36. The number of carbonyl (C=O) groups is 1. The van der Waals surface area contributed by atoms with Gasteiger partial charge in [0, 0.05) is 6.42 Å². The van der Waals surface area contributed by atoms with Gasteiger partial charge >= 0.3 is 5.97 Å². The number of unbranched alkanes of at least 4 members (excludes halogenated alkanes) is 3. The predicted molar refractivity (Wildman–Crippen MR) is 67.5 cm³/mol. The Morgan fingerprint density at radius 3 is 2.62 bits per heavy atom. The van der Waals surface area contributed by atoms with Gasteiger partial charge in [-0.3, -0.25) is 4.79 Å². The number of hydrogen-bond acceptors (Lipinski definition) is 3. The minimum absolute atomic E-state index is 0.0572. The number of hydrogen-bond donors (Lipinski definition) is 1. The van der Waals surface area contributed by atoms with Gasteiger partial charge in [-0.25, -0.2) is 0 Å². The summed E-state index contributed by atoms with van der Waals surface area (Å²) in [7, 11) is 1.89. The highest BCUT2D eigenvalue weighted by Gasteiger charge is 2.08. The van der Waals surface area contributed by atoms with Crippen molar-refractivity contribution in [2.24, 2.45) is 0 Å². The highest BCUT2D eigenvalue weighted by molar-refractivity contribution is 5.69. The molecule has 1 N–H and O–H groups in total. The average Bonchev–Trinajstić information content (AvgIpc) is 2.25. The molecule has 0 radical (unpaired) electrons. The number of carbonyl (C=O) groups excluding carboxylic acids is 1. The van der Waals surface area contributed by atoms with E-state index in [0.29, 0.717) is 6.42 Å². The van der Waals surface area contributed by atoms with Crippen LogP contribution in [0.2, 0.25) is 0 Å². The van der Waals surface area contributed by atoms with Gasteiger partial charge in [-0.05, 0) is 39.8 Å². The van der Waals surface area contributed by atoms with Crippen molar-refractivity contribution in [3.05, 3.63) is 0 Å². The summed E-state index contributed by atoms with van der Waals surface area (Å²) in [6.07, 6.45) is 7.41. The molecule has 0 aromatic carbocycles. The van der Waals surface area contributed by atoms with Gasteiger partial charge in [0.25, 0.3) is 0 Å². The molecular formula is C13H27NO2. The van der Waals surface area contributed by atoms with Gasteiger partial charge in [0.2, 0.25) is 0 Å². The molecule has 0 saturated heterocycles. The van der Waals surface area contributed by atoms with Crippen molar-refractivity contribution in [3.63, 3.8) is 0 Å². The van der Waals surface area contributed by atoms with E-state index in [2.05, 4.69) is 12.2 Å². The molecule has 0 aliphatic carbocycles. The van der Waals surface area contributed by atoms with Crippen LogP contribution >= 0.6 is 0 Å². The molecule has 0 aliphatic heterocycles. The first-order chi connectivity index (χ1) is 7.70. The first kappa shape index (κ1) is 15.4. The van der Waals surface area contributed by atoms with E-state index >= 15 is 0 Å². The molecule has 1 atom stereocenters. The summed E-state index contributed by atoms with van der Waals surface area (Å²) in [5.41, 5.74) is 0. The van der Waals surface area contributed by atoms with Crippen LogP contribution in [0.3, 0.4) is 0 Å². The van der Waals surface area contributed by atoms with Crippen LogP contribution < -0.4 is 5.32 Å². The summed E-state index contributed by atoms with van der Waals surface area (Å²) in [4.78, 5) is 11.4. The molecule has 0 rings (SSSR count). The Morgan fingerprint density at radius 2 is 2.00 bits per heavy atom. The molecular weight excluding hydrogens is 202 g/mol. The first-order valence-electron chi connectivity index (χ1n) is 6.54. The highest BCUT2D eigenvalue weighted by Crippen LogP contribution is 2.08. The maximum absolute atomic E-state index is 11.4. The van der Waals surface area contributed by atoms with Crippen LogP contribution in [0.15, 0.2) is 0 Å². The maximum Gasteiger partial charge on any atom is 0.306 e. The van der Waals surface area contributed by atoms with E-state index in [1.165, 1.54) is 25.7 Å². The largest absolute Gasteiger partial charge is 0.463 e. The molecule has 0 saturated carbocycles. The van der Waals surface area contributed by atoms with Gasteiger partial charge in [0.1, 0.15) is 0 Å². The lowest BCUT2D eigenvalue weighted by molar-refractivity contribution is -0.148. The number of ether oxygens (including phenoxy) is 1. The predicted octanol–water partition coefficient (Wildman–Crippen LogP) is 2.89. The van der Waals surface area contributed by atoms with Crippen LogP contribution in [-0.2, 0) is 9.53 Å². The van der Waals surface area contributed by atoms with Crippen molar-refractivity contribution >= 4 is 5.97 Å². The first-order valence-corrected chi connectivity index (χ1v) is 6.54. The molecule has 0 bridgehead atoms. The van der Waals surface area contributed by atoms with Gasteiger partial charge in [0.15, 0.2) is 0 Å². The standard InChI is InChI=1S/C13H27NO2/c1-4-5-6-7-9-12(2)16-13(15)10-8-11-14-3/h12,14H,4-11H2,1-3H3. The number of nitrogens with one attached hydrogen (secondary N) is 1. The van der Waals surface area contributed by atoms with E-state index in [4.69, 9.17) is 4.74 Å². The zero-order valence-electron chi connectivity index (χ0n) is 11.1. The second-order valence-corrected chi connectivity index (χ2v) is 4.36. The molecule has 96 valence electrons. The van der Waals surface area contributed by atoms with E-state index in [1.807, 2.05) is 14.0 Å².